The van der Waals surface area contributed by atoms with E-state index in [-0.39, 0.29) is 5.41 Å². The van der Waals surface area contributed by atoms with Gasteiger partial charge in [-0.3, -0.25) is 9.67 Å². The number of aryl methyl sites for hydroxylation is 1. The van der Waals surface area contributed by atoms with Crippen LogP contribution in [0.15, 0.2) is 46.1 Å². The van der Waals surface area contributed by atoms with E-state index in [9.17, 15) is 0 Å². The first kappa shape index (κ1) is 18.0. The Balaban J connectivity index is 1.59. The van der Waals surface area contributed by atoms with E-state index in [1.165, 1.54) is 28.4 Å². The van der Waals surface area contributed by atoms with Crippen LogP contribution in [-0.2, 0) is 18.9 Å². The van der Waals surface area contributed by atoms with E-state index in [1.54, 1.807) is 0 Å². The second-order valence-corrected chi connectivity index (χ2v) is 7.51. The average Bonchev–Trinajstić information content (AvgIpc) is 3.28. The molecule has 5 nitrogen and oxygen atoms in total. The first-order chi connectivity index (χ1) is 12.1. The fourth-order valence-electron chi connectivity index (χ4n) is 3.05. The van der Waals surface area contributed by atoms with Crippen molar-refractivity contribution in [1.82, 2.24) is 20.4 Å². The lowest BCUT2D eigenvalue weighted by Crippen LogP contribution is -2.39. The Hall–Kier alpha value is -1.82. The molecule has 1 aromatic carbocycles. The average molecular weight is 404 g/mol. The number of benzene rings is 1. The molecule has 1 heterocycles. The van der Waals surface area contributed by atoms with Gasteiger partial charge in [0, 0.05) is 36.2 Å². The number of halogens is 1. The summed E-state index contributed by atoms with van der Waals surface area (Å²) in [6.07, 6.45) is 7.31. The van der Waals surface area contributed by atoms with Crippen LogP contribution in [0.3, 0.4) is 0 Å². The van der Waals surface area contributed by atoms with E-state index < -0.39 is 0 Å². The van der Waals surface area contributed by atoms with Gasteiger partial charge in [0.15, 0.2) is 5.96 Å². The molecule has 1 saturated carbocycles. The molecule has 1 aromatic heterocycles. The first-order valence-electron chi connectivity index (χ1n) is 8.88. The molecule has 134 valence electrons. The summed E-state index contributed by atoms with van der Waals surface area (Å²) in [6, 6.07) is 8.52. The van der Waals surface area contributed by atoms with Crippen molar-refractivity contribution in [3.8, 4) is 0 Å². The minimum absolute atomic E-state index is 0.200. The van der Waals surface area contributed by atoms with E-state index in [1.807, 2.05) is 17.9 Å². The lowest BCUT2D eigenvalue weighted by Gasteiger charge is -2.17. The van der Waals surface area contributed by atoms with E-state index in [2.05, 4.69) is 69.0 Å². The highest BCUT2D eigenvalue weighted by molar-refractivity contribution is 9.10. The third-order valence-electron chi connectivity index (χ3n) is 4.65. The quantitative estimate of drug-likeness (QED) is 0.551. The van der Waals surface area contributed by atoms with Gasteiger partial charge < -0.3 is 10.6 Å². The van der Waals surface area contributed by atoms with Crippen LogP contribution in [-0.4, -0.2) is 35.4 Å². The van der Waals surface area contributed by atoms with Gasteiger partial charge in [-0.15, -0.1) is 0 Å². The summed E-state index contributed by atoms with van der Waals surface area (Å²) in [6.45, 7) is 4.62. The van der Waals surface area contributed by atoms with Crippen LogP contribution in [0, 0.1) is 0 Å². The van der Waals surface area contributed by atoms with E-state index in [4.69, 9.17) is 4.99 Å². The van der Waals surface area contributed by atoms with Crippen LogP contribution in [0.4, 0.5) is 0 Å². The van der Waals surface area contributed by atoms with Gasteiger partial charge >= 0.3 is 0 Å². The third kappa shape index (κ3) is 4.63. The molecule has 0 atom stereocenters. The largest absolute Gasteiger partial charge is 0.357 e. The molecule has 0 aliphatic heterocycles. The predicted molar refractivity (Wildman–Crippen MR) is 106 cm³/mol. The Morgan fingerprint density at radius 3 is 2.76 bits per heavy atom. The molecule has 2 aromatic rings. The normalized spacial score (nSPS) is 15.9. The zero-order valence-electron chi connectivity index (χ0n) is 14.9. The van der Waals surface area contributed by atoms with Crippen LogP contribution in [0.5, 0.6) is 0 Å². The maximum absolute atomic E-state index is 4.85. The number of aliphatic imine (C=N–C) groups is 1. The molecule has 0 saturated heterocycles. The number of hydrogen-bond donors (Lipinski definition) is 2. The standard InChI is InChI=1S/C19H26BrN5/c1-3-21-18(22-11-8-15-12-24-25(2)13-15)23-14-19(9-10-19)16-6-4-5-7-17(16)20/h4-7,12-13H,3,8-11,14H2,1-2H3,(H2,21,22,23). The van der Waals surface area contributed by atoms with E-state index in [0.717, 1.165) is 32.0 Å². The molecular weight excluding hydrogens is 378 g/mol. The summed E-state index contributed by atoms with van der Waals surface area (Å²) in [5.41, 5.74) is 2.81. The molecule has 0 amide bonds. The molecule has 0 bridgehead atoms. The molecular formula is C19H26BrN5. The van der Waals surface area contributed by atoms with Gasteiger partial charge in [-0.25, -0.2) is 0 Å². The van der Waals surface area contributed by atoms with Crippen LogP contribution in [0.2, 0.25) is 0 Å². The maximum Gasteiger partial charge on any atom is 0.191 e. The highest BCUT2D eigenvalue weighted by atomic mass is 79.9. The highest BCUT2D eigenvalue weighted by Gasteiger charge is 2.45. The van der Waals surface area contributed by atoms with Gasteiger partial charge in [-0.1, -0.05) is 34.1 Å². The summed E-state index contributed by atoms with van der Waals surface area (Å²) in [5.74, 6) is 0.893. The van der Waals surface area contributed by atoms with E-state index in [0.29, 0.717) is 0 Å². The molecule has 1 aliphatic carbocycles. The molecule has 0 unspecified atom stereocenters. The minimum Gasteiger partial charge on any atom is -0.357 e. The van der Waals surface area contributed by atoms with Crippen LogP contribution in [0.25, 0.3) is 0 Å². The SMILES string of the molecule is CCNC(=NCC1(c2ccccc2Br)CC1)NCCc1cnn(C)c1. The smallest absolute Gasteiger partial charge is 0.191 e. The van der Waals surface area contributed by atoms with Crippen molar-refractivity contribution in [2.45, 2.75) is 31.6 Å². The lowest BCUT2D eigenvalue weighted by molar-refractivity contribution is 0.689. The molecule has 1 aliphatic rings. The van der Waals surface area contributed by atoms with Gasteiger partial charge in [0.1, 0.15) is 0 Å². The first-order valence-corrected chi connectivity index (χ1v) is 9.67. The lowest BCUT2D eigenvalue weighted by atomic mass is 9.96. The number of hydrogen-bond acceptors (Lipinski definition) is 2. The highest BCUT2D eigenvalue weighted by Crippen LogP contribution is 2.50. The Kier molecular flexibility index (Phi) is 5.78. The maximum atomic E-state index is 4.85. The Bertz CT molecular complexity index is 733. The monoisotopic (exact) mass is 403 g/mol. The molecule has 25 heavy (non-hydrogen) atoms. The summed E-state index contributed by atoms with van der Waals surface area (Å²) in [4.78, 5) is 4.85. The molecule has 0 spiro atoms. The topological polar surface area (TPSA) is 54.2 Å². The van der Waals surface area contributed by atoms with Crippen molar-refractivity contribution < 1.29 is 0 Å². The van der Waals surface area contributed by atoms with Gasteiger partial charge in [-0.05, 0) is 43.4 Å². The molecule has 0 radical (unpaired) electrons. The van der Waals surface area contributed by atoms with E-state index >= 15 is 0 Å². The fourth-order valence-corrected chi connectivity index (χ4v) is 3.76. The zero-order valence-corrected chi connectivity index (χ0v) is 16.5. The Labute approximate surface area is 158 Å². The minimum atomic E-state index is 0.200. The molecule has 3 rings (SSSR count). The second-order valence-electron chi connectivity index (χ2n) is 6.65. The van der Waals surface area contributed by atoms with Gasteiger partial charge in [0.2, 0.25) is 0 Å². The van der Waals surface area contributed by atoms with Crippen molar-refractivity contribution in [3.05, 3.63) is 52.3 Å². The number of nitrogens with one attached hydrogen (secondary N) is 2. The van der Waals surface area contributed by atoms with Crippen LogP contribution in [0.1, 0.15) is 30.9 Å². The zero-order chi connectivity index (χ0) is 17.7. The second kappa shape index (κ2) is 8.04. The fraction of sp³-hybridized carbons (Fsp3) is 0.474. The molecule has 6 heteroatoms. The Morgan fingerprint density at radius 1 is 1.32 bits per heavy atom. The van der Waals surface area contributed by atoms with Crippen molar-refractivity contribution in [2.24, 2.45) is 12.0 Å². The van der Waals surface area contributed by atoms with Gasteiger partial charge in [-0.2, -0.15) is 5.10 Å². The predicted octanol–water partition coefficient (Wildman–Crippen LogP) is 3.01. The van der Waals surface area contributed by atoms with Crippen molar-refractivity contribution in [3.63, 3.8) is 0 Å². The van der Waals surface area contributed by atoms with Crippen molar-refractivity contribution in [1.29, 1.82) is 0 Å². The third-order valence-corrected chi connectivity index (χ3v) is 5.34. The van der Waals surface area contributed by atoms with Crippen LogP contribution >= 0.6 is 15.9 Å². The number of rotatable bonds is 7. The van der Waals surface area contributed by atoms with Crippen LogP contribution < -0.4 is 10.6 Å². The molecule has 2 N–H and O–H groups in total. The number of aromatic nitrogens is 2. The van der Waals surface area contributed by atoms with Crippen molar-refractivity contribution >= 4 is 21.9 Å². The summed E-state index contributed by atoms with van der Waals surface area (Å²) >= 11 is 3.69. The molecule has 1 fully saturated rings. The number of nitrogens with zero attached hydrogens (tertiary/aromatic N) is 3. The summed E-state index contributed by atoms with van der Waals surface area (Å²) < 4.78 is 3.03. The Morgan fingerprint density at radius 2 is 2.12 bits per heavy atom. The van der Waals surface area contributed by atoms with Gasteiger partial charge in [0.05, 0.1) is 12.7 Å². The number of guanidine groups is 1. The summed E-state index contributed by atoms with van der Waals surface area (Å²) in [5, 5.41) is 11.0. The van der Waals surface area contributed by atoms with Crippen molar-refractivity contribution in [2.75, 3.05) is 19.6 Å². The van der Waals surface area contributed by atoms with Gasteiger partial charge in [0.25, 0.3) is 0 Å². The summed E-state index contributed by atoms with van der Waals surface area (Å²) in [7, 11) is 1.94.